The number of hydrogen-bond acceptors (Lipinski definition) is 3. The Hall–Kier alpha value is -2.86. The maximum atomic E-state index is 11.7. The minimum absolute atomic E-state index is 0.134. The number of carbonyl (C=O) groups excluding carboxylic acids is 1. The van der Waals surface area contributed by atoms with Crippen molar-refractivity contribution in [3.05, 3.63) is 71.3 Å². The van der Waals surface area contributed by atoms with Crippen LogP contribution in [0.3, 0.4) is 0 Å². The zero-order valence-corrected chi connectivity index (χ0v) is 19.3. The van der Waals surface area contributed by atoms with Crippen LogP contribution < -0.4 is 10.6 Å². The molecule has 2 aromatic rings. The van der Waals surface area contributed by atoms with Crippen LogP contribution in [0.4, 0.5) is 0 Å². The van der Waals surface area contributed by atoms with E-state index in [1.165, 1.54) is 16.7 Å². The van der Waals surface area contributed by atoms with Crippen molar-refractivity contribution in [2.45, 2.75) is 45.9 Å². The van der Waals surface area contributed by atoms with Gasteiger partial charge in [-0.15, -0.1) is 0 Å². The lowest BCUT2D eigenvalue weighted by molar-refractivity contribution is -0.121. The number of ether oxygens (including phenoxy) is 1. The first-order valence-electron chi connectivity index (χ1n) is 11.6. The van der Waals surface area contributed by atoms with Crippen molar-refractivity contribution >= 4 is 11.9 Å². The lowest BCUT2D eigenvalue weighted by atomic mass is 9.93. The maximum absolute atomic E-state index is 11.7. The van der Waals surface area contributed by atoms with E-state index >= 15 is 0 Å². The number of carbonyl (C=O) groups is 1. The van der Waals surface area contributed by atoms with Gasteiger partial charge in [0.1, 0.15) is 0 Å². The van der Waals surface area contributed by atoms with E-state index in [2.05, 4.69) is 58.9 Å². The van der Waals surface area contributed by atoms with E-state index in [-0.39, 0.29) is 5.91 Å². The van der Waals surface area contributed by atoms with Crippen molar-refractivity contribution in [1.82, 2.24) is 15.5 Å². The fraction of sp³-hybridized carbons (Fsp3) is 0.462. The summed E-state index contributed by atoms with van der Waals surface area (Å²) in [6.07, 6.45) is 2.65. The monoisotopic (exact) mass is 436 g/mol. The second kappa shape index (κ2) is 12.9. The minimum Gasteiger partial charge on any atom is -0.372 e. The predicted octanol–water partition coefficient (Wildman–Crippen LogP) is 3.72. The molecule has 1 heterocycles. The van der Waals surface area contributed by atoms with Gasteiger partial charge >= 0.3 is 0 Å². The average molecular weight is 437 g/mol. The lowest BCUT2D eigenvalue weighted by Gasteiger charge is -2.34. The molecule has 2 N–H and O–H groups in total. The molecule has 0 radical (unpaired) electrons. The van der Waals surface area contributed by atoms with Crippen molar-refractivity contribution in [1.29, 1.82) is 0 Å². The fourth-order valence-electron chi connectivity index (χ4n) is 4.00. The maximum Gasteiger partial charge on any atom is 0.220 e. The standard InChI is InChI=1S/C26H36N4O2/c1-3-28-26(30-15-13-21(14-16-30)17-25(31)27-2)29-18-23-11-7-8-12-24(23)20-32-19-22-9-5-4-6-10-22/h4-12,21H,3,13-20H2,1-2H3,(H,27,31)(H,28,29). The summed E-state index contributed by atoms with van der Waals surface area (Å²) in [7, 11) is 1.71. The average Bonchev–Trinajstić information content (AvgIpc) is 2.83. The zero-order valence-electron chi connectivity index (χ0n) is 19.3. The van der Waals surface area contributed by atoms with E-state index in [9.17, 15) is 4.79 Å². The first kappa shape index (κ1) is 23.8. The van der Waals surface area contributed by atoms with Crippen LogP contribution in [0, 0.1) is 5.92 Å². The van der Waals surface area contributed by atoms with Crippen LogP contribution in [-0.4, -0.2) is 43.4 Å². The molecule has 0 aliphatic carbocycles. The summed E-state index contributed by atoms with van der Waals surface area (Å²) in [6, 6.07) is 18.6. The molecule has 0 saturated carbocycles. The molecule has 0 aromatic heterocycles. The highest BCUT2D eigenvalue weighted by molar-refractivity contribution is 5.80. The van der Waals surface area contributed by atoms with Gasteiger partial charge in [-0.1, -0.05) is 54.6 Å². The number of piperidine rings is 1. The molecule has 6 nitrogen and oxygen atoms in total. The van der Waals surface area contributed by atoms with Gasteiger partial charge in [0.2, 0.25) is 5.91 Å². The summed E-state index contributed by atoms with van der Waals surface area (Å²) in [6.45, 7) is 6.57. The Bertz CT molecular complexity index is 861. The summed E-state index contributed by atoms with van der Waals surface area (Å²) in [5.74, 6) is 1.54. The van der Waals surface area contributed by atoms with Crippen LogP contribution in [0.5, 0.6) is 0 Å². The zero-order chi connectivity index (χ0) is 22.6. The van der Waals surface area contributed by atoms with Crippen molar-refractivity contribution < 1.29 is 9.53 Å². The number of aliphatic imine (C=N–C) groups is 1. The van der Waals surface area contributed by atoms with Crippen LogP contribution in [0.1, 0.15) is 42.9 Å². The van der Waals surface area contributed by atoms with Crippen molar-refractivity contribution in [2.24, 2.45) is 10.9 Å². The Morgan fingerprint density at radius 3 is 2.41 bits per heavy atom. The largest absolute Gasteiger partial charge is 0.372 e. The highest BCUT2D eigenvalue weighted by Crippen LogP contribution is 2.21. The number of nitrogens with one attached hydrogen (secondary N) is 2. The summed E-state index contributed by atoms with van der Waals surface area (Å²) >= 11 is 0. The van der Waals surface area contributed by atoms with Crippen molar-refractivity contribution in [3.63, 3.8) is 0 Å². The van der Waals surface area contributed by atoms with Gasteiger partial charge in [0, 0.05) is 33.1 Å². The normalized spacial score (nSPS) is 14.9. The van der Waals surface area contributed by atoms with Gasteiger partial charge < -0.3 is 20.3 Å². The fourth-order valence-corrected chi connectivity index (χ4v) is 4.00. The molecule has 6 heteroatoms. The Morgan fingerprint density at radius 2 is 1.72 bits per heavy atom. The SMILES string of the molecule is CCNC(=NCc1ccccc1COCc1ccccc1)N1CCC(CC(=O)NC)CC1. The van der Waals surface area contributed by atoms with Crippen LogP contribution in [0.15, 0.2) is 59.6 Å². The van der Waals surface area contributed by atoms with E-state index in [1.54, 1.807) is 7.05 Å². The molecule has 32 heavy (non-hydrogen) atoms. The van der Waals surface area contributed by atoms with E-state index in [0.29, 0.717) is 32.1 Å². The Labute approximate surface area is 192 Å². The molecular formula is C26H36N4O2. The van der Waals surface area contributed by atoms with Crippen LogP contribution in [0.25, 0.3) is 0 Å². The number of benzene rings is 2. The van der Waals surface area contributed by atoms with Gasteiger partial charge in [-0.25, -0.2) is 4.99 Å². The van der Waals surface area contributed by atoms with Gasteiger partial charge in [-0.3, -0.25) is 4.79 Å². The first-order chi connectivity index (χ1) is 15.7. The topological polar surface area (TPSA) is 66.0 Å². The second-order valence-corrected chi connectivity index (χ2v) is 8.22. The summed E-state index contributed by atoms with van der Waals surface area (Å²) in [5.41, 5.74) is 3.54. The lowest BCUT2D eigenvalue weighted by Crippen LogP contribution is -2.46. The quantitative estimate of drug-likeness (QED) is 0.465. The third kappa shape index (κ3) is 7.38. The minimum atomic E-state index is 0.134. The number of amides is 1. The molecule has 1 fully saturated rings. The predicted molar refractivity (Wildman–Crippen MR) is 129 cm³/mol. The third-order valence-electron chi connectivity index (χ3n) is 5.89. The van der Waals surface area contributed by atoms with Gasteiger partial charge in [0.15, 0.2) is 5.96 Å². The number of nitrogens with zero attached hydrogens (tertiary/aromatic N) is 2. The van der Waals surface area contributed by atoms with Gasteiger partial charge in [-0.2, -0.15) is 0 Å². The summed E-state index contributed by atoms with van der Waals surface area (Å²) in [5, 5.41) is 6.17. The molecule has 172 valence electrons. The van der Waals surface area contributed by atoms with Gasteiger partial charge in [0.25, 0.3) is 0 Å². The molecule has 0 atom stereocenters. The number of likely N-dealkylation sites (tertiary alicyclic amines) is 1. The Kier molecular flexibility index (Phi) is 9.57. The van der Waals surface area contributed by atoms with E-state index in [4.69, 9.17) is 9.73 Å². The van der Waals surface area contributed by atoms with Gasteiger partial charge in [0.05, 0.1) is 19.8 Å². The molecule has 0 unspecified atom stereocenters. The molecular weight excluding hydrogens is 400 g/mol. The molecule has 1 saturated heterocycles. The van der Waals surface area contributed by atoms with Gasteiger partial charge in [-0.05, 0) is 42.4 Å². The second-order valence-electron chi connectivity index (χ2n) is 8.22. The van der Waals surface area contributed by atoms with E-state index in [0.717, 1.165) is 38.4 Å². The Morgan fingerprint density at radius 1 is 1.03 bits per heavy atom. The van der Waals surface area contributed by atoms with Crippen LogP contribution >= 0.6 is 0 Å². The number of guanidine groups is 1. The van der Waals surface area contributed by atoms with Crippen LogP contribution in [-0.2, 0) is 29.3 Å². The number of hydrogen-bond donors (Lipinski definition) is 2. The molecule has 1 amide bonds. The van der Waals surface area contributed by atoms with Crippen LogP contribution in [0.2, 0.25) is 0 Å². The van der Waals surface area contributed by atoms with E-state index in [1.807, 2.05) is 18.2 Å². The number of rotatable bonds is 9. The molecule has 0 bridgehead atoms. The molecule has 1 aliphatic heterocycles. The molecule has 3 rings (SSSR count). The highest BCUT2D eigenvalue weighted by Gasteiger charge is 2.23. The summed E-state index contributed by atoms with van der Waals surface area (Å²) < 4.78 is 5.96. The first-order valence-corrected chi connectivity index (χ1v) is 11.6. The smallest absolute Gasteiger partial charge is 0.220 e. The molecule has 1 aliphatic rings. The van der Waals surface area contributed by atoms with E-state index < -0.39 is 0 Å². The van der Waals surface area contributed by atoms with Crippen molar-refractivity contribution in [2.75, 3.05) is 26.7 Å². The highest BCUT2D eigenvalue weighted by atomic mass is 16.5. The molecule has 2 aromatic carbocycles. The van der Waals surface area contributed by atoms with Crippen molar-refractivity contribution in [3.8, 4) is 0 Å². The summed E-state index contributed by atoms with van der Waals surface area (Å²) in [4.78, 5) is 18.9. The molecule has 0 spiro atoms. The Balaban J connectivity index is 1.57. The third-order valence-corrected chi connectivity index (χ3v) is 5.89.